The zero-order valence-corrected chi connectivity index (χ0v) is 11.8. The van der Waals surface area contributed by atoms with Crippen molar-refractivity contribution in [2.45, 2.75) is 26.2 Å². The van der Waals surface area contributed by atoms with E-state index < -0.39 is 4.92 Å². The molecule has 0 fully saturated rings. The van der Waals surface area contributed by atoms with Crippen LogP contribution in [0.25, 0.3) is 11.3 Å². The maximum atomic E-state index is 11.1. The molecule has 0 spiro atoms. The minimum atomic E-state index is -0.445. The molecule has 1 aromatic heterocycles. The number of hydrogen-bond acceptors (Lipinski definition) is 4. The summed E-state index contributed by atoms with van der Waals surface area (Å²) >= 11 is 0. The number of benzene rings is 1. The van der Waals surface area contributed by atoms with Gasteiger partial charge < -0.3 is 5.73 Å². The number of aromatic nitrogens is 1. The van der Waals surface area contributed by atoms with Crippen molar-refractivity contribution in [3.8, 4) is 11.3 Å². The first-order chi connectivity index (χ1) is 9.29. The van der Waals surface area contributed by atoms with Crippen molar-refractivity contribution in [1.82, 2.24) is 4.98 Å². The van der Waals surface area contributed by atoms with E-state index in [0.29, 0.717) is 11.3 Å². The Hall–Kier alpha value is -2.43. The number of nitro groups is 1. The van der Waals surface area contributed by atoms with Gasteiger partial charge in [0.1, 0.15) is 5.82 Å². The van der Waals surface area contributed by atoms with Gasteiger partial charge in [-0.2, -0.15) is 0 Å². The van der Waals surface area contributed by atoms with E-state index >= 15 is 0 Å². The number of anilines is 1. The van der Waals surface area contributed by atoms with Crippen LogP contribution in [-0.2, 0) is 5.41 Å². The Morgan fingerprint density at radius 3 is 2.20 bits per heavy atom. The lowest BCUT2D eigenvalue weighted by atomic mass is 9.86. The summed E-state index contributed by atoms with van der Waals surface area (Å²) in [6.07, 6.45) is 0. The largest absolute Gasteiger partial charge is 0.384 e. The molecule has 2 aromatic rings. The van der Waals surface area contributed by atoms with Crippen LogP contribution >= 0.6 is 0 Å². The van der Waals surface area contributed by atoms with Gasteiger partial charge in [0.05, 0.1) is 4.92 Å². The lowest BCUT2D eigenvalue weighted by Gasteiger charge is -2.19. The van der Waals surface area contributed by atoms with Crippen LogP contribution in [0.3, 0.4) is 0 Å². The number of rotatable bonds is 2. The van der Waals surface area contributed by atoms with Crippen LogP contribution in [0.15, 0.2) is 36.4 Å². The van der Waals surface area contributed by atoms with Crippen molar-refractivity contribution in [2.24, 2.45) is 0 Å². The molecule has 2 rings (SSSR count). The molecule has 0 unspecified atom stereocenters. The van der Waals surface area contributed by atoms with Crippen molar-refractivity contribution in [3.05, 3.63) is 52.1 Å². The Labute approximate surface area is 117 Å². The van der Waals surface area contributed by atoms with Crippen LogP contribution < -0.4 is 5.73 Å². The third-order valence-corrected chi connectivity index (χ3v) is 3.12. The van der Waals surface area contributed by atoms with Gasteiger partial charge in [0, 0.05) is 11.6 Å². The number of pyridine rings is 1. The fraction of sp³-hybridized carbons (Fsp3) is 0.267. The summed E-state index contributed by atoms with van der Waals surface area (Å²) in [7, 11) is 0. The second-order valence-electron chi connectivity index (χ2n) is 5.69. The highest BCUT2D eigenvalue weighted by Crippen LogP contribution is 2.30. The molecular formula is C15H17N3O2. The van der Waals surface area contributed by atoms with Gasteiger partial charge in [0.25, 0.3) is 5.69 Å². The lowest BCUT2D eigenvalue weighted by molar-refractivity contribution is -0.384. The molecule has 0 amide bonds. The minimum Gasteiger partial charge on any atom is -0.384 e. The molecule has 0 aliphatic carbocycles. The number of hydrogen-bond donors (Lipinski definition) is 1. The molecule has 0 bridgehead atoms. The summed E-state index contributed by atoms with van der Waals surface area (Å²) in [6.45, 7) is 6.34. The number of nitrogen functional groups attached to an aromatic ring is 1. The van der Waals surface area contributed by atoms with Crippen molar-refractivity contribution < 1.29 is 4.92 Å². The highest BCUT2D eigenvalue weighted by molar-refractivity contribution is 5.71. The van der Waals surface area contributed by atoms with Gasteiger partial charge in [0.2, 0.25) is 0 Å². The second-order valence-corrected chi connectivity index (χ2v) is 5.69. The molecule has 0 saturated heterocycles. The summed E-state index contributed by atoms with van der Waals surface area (Å²) in [6, 6.07) is 10.4. The summed E-state index contributed by atoms with van der Waals surface area (Å²) in [5.74, 6) is 0.269. The molecule has 1 heterocycles. The van der Waals surface area contributed by atoms with Gasteiger partial charge in [-0.05, 0) is 17.0 Å². The smallest absolute Gasteiger partial charge is 0.295 e. The van der Waals surface area contributed by atoms with E-state index in [0.717, 1.165) is 5.56 Å². The van der Waals surface area contributed by atoms with E-state index in [1.54, 1.807) is 0 Å². The third kappa shape index (κ3) is 2.77. The van der Waals surface area contributed by atoms with E-state index in [2.05, 4.69) is 25.8 Å². The van der Waals surface area contributed by atoms with Crippen molar-refractivity contribution in [1.29, 1.82) is 0 Å². The zero-order chi connectivity index (χ0) is 14.9. The van der Waals surface area contributed by atoms with E-state index in [9.17, 15) is 10.1 Å². The van der Waals surface area contributed by atoms with Crippen LogP contribution in [0.2, 0.25) is 0 Å². The Morgan fingerprint density at radius 2 is 1.70 bits per heavy atom. The molecule has 104 valence electrons. The van der Waals surface area contributed by atoms with Gasteiger partial charge in [-0.3, -0.25) is 10.1 Å². The fourth-order valence-electron chi connectivity index (χ4n) is 1.95. The monoisotopic (exact) mass is 271 g/mol. The molecule has 0 radical (unpaired) electrons. The lowest BCUT2D eigenvalue weighted by Crippen LogP contribution is -2.10. The van der Waals surface area contributed by atoms with Gasteiger partial charge in [-0.1, -0.05) is 45.0 Å². The molecule has 2 N–H and O–H groups in total. The highest BCUT2D eigenvalue weighted by Gasteiger charge is 2.18. The average Bonchev–Trinajstić information content (AvgIpc) is 2.37. The van der Waals surface area contributed by atoms with Crippen LogP contribution in [0, 0.1) is 10.1 Å². The number of nitrogens with zero attached hydrogens (tertiary/aromatic N) is 2. The van der Waals surface area contributed by atoms with Gasteiger partial charge in [-0.15, -0.1) is 0 Å². The van der Waals surface area contributed by atoms with E-state index in [1.807, 2.05) is 24.3 Å². The second kappa shape index (κ2) is 4.92. The Morgan fingerprint density at radius 1 is 1.10 bits per heavy atom. The van der Waals surface area contributed by atoms with E-state index in [-0.39, 0.29) is 16.9 Å². The summed E-state index contributed by atoms with van der Waals surface area (Å²) in [4.78, 5) is 14.7. The predicted octanol–water partition coefficient (Wildman–Crippen LogP) is 3.54. The van der Waals surface area contributed by atoms with Crippen LogP contribution in [0.4, 0.5) is 11.5 Å². The van der Waals surface area contributed by atoms with Crippen molar-refractivity contribution in [3.63, 3.8) is 0 Å². The maximum absolute atomic E-state index is 11.1. The Kier molecular flexibility index (Phi) is 3.44. The molecule has 0 aliphatic rings. The summed E-state index contributed by atoms with van der Waals surface area (Å²) < 4.78 is 0. The summed E-state index contributed by atoms with van der Waals surface area (Å²) in [5.41, 5.74) is 7.78. The Balaban J connectivity index is 2.52. The third-order valence-electron chi connectivity index (χ3n) is 3.12. The molecule has 0 aliphatic heterocycles. The first-order valence-electron chi connectivity index (χ1n) is 6.31. The SMILES string of the molecule is CC(C)(C)c1ccc(-c2nc(N)ccc2[N+](=O)[O-])cc1. The average molecular weight is 271 g/mol. The van der Waals surface area contributed by atoms with E-state index in [1.165, 1.54) is 12.1 Å². The molecule has 0 atom stereocenters. The van der Waals surface area contributed by atoms with Gasteiger partial charge in [-0.25, -0.2) is 4.98 Å². The zero-order valence-electron chi connectivity index (χ0n) is 11.8. The molecule has 0 saturated carbocycles. The standard InChI is InChI=1S/C15H17N3O2/c1-15(2,3)11-6-4-10(5-7-11)14-12(18(19)20)8-9-13(16)17-14/h4-9H,1-3H3,(H2,16,17). The van der Waals surface area contributed by atoms with Crippen molar-refractivity contribution in [2.75, 3.05) is 5.73 Å². The minimum absolute atomic E-state index is 0.0353. The quantitative estimate of drug-likeness (QED) is 0.669. The van der Waals surface area contributed by atoms with Crippen molar-refractivity contribution >= 4 is 11.5 Å². The number of nitrogens with two attached hydrogens (primary N) is 1. The normalized spacial score (nSPS) is 11.3. The van der Waals surface area contributed by atoms with Crippen LogP contribution in [-0.4, -0.2) is 9.91 Å². The Bertz CT molecular complexity index is 643. The fourth-order valence-corrected chi connectivity index (χ4v) is 1.95. The van der Waals surface area contributed by atoms with Gasteiger partial charge >= 0.3 is 0 Å². The molecular weight excluding hydrogens is 254 g/mol. The molecule has 20 heavy (non-hydrogen) atoms. The molecule has 5 nitrogen and oxygen atoms in total. The maximum Gasteiger partial charge on any atom is 0.295 e. The highest BCUT2D eigenvalue weighted by atomic mass is 16.6. The molecule has 5 heteroatoms. The first-order valence-corrected chi connectivity index (χ1v) is 6.31. The topological polar surface area (TPSA) is 82.0 Å². The van der Waals surface area contributed by atoms with E-state index in [4.69, 9.17) is 5.73 Å². The van der Waals surface area contributed by atoms with Crippen LogP contribution in [0.1, 0.15) is 26.3 Å². The van der Waals surface area contributed by atoms with Gasteiger partial charge in [0.15, 0.2) is 5.69 Å². The first kappa shape index (κ1) is 14.0. The summed E-state index contributed by atoms with van der Waals surface area (Å²) in [5, 5.41) is 11.1. The molecule has 1 aromatic carbocycles. The van der Waals surface area contributed by atoms with Crippen LogP contribution in [0.5, 0.6) is 0 Å². The predicted molar refractivity (Wildman–Crippen MR) is 79.4 cm³/mol.